The van der Waals surface area contributed by atoms with E-state index in [9.17, 15) is 9.59 Å². The number of halogens is 1. The summed E-state index contributed by atoms with van der Waals surface area (Å²) in [6, 6.07) is 14.3. The molecule has 0 aliphatic carbocycles. The van der Waals surface area contributed by atoms with Gasteiger partial charge in [-0.25, -0.2) is 4.79 Å². The van der Waals surface area contributed by atoms with Gasteiger partial charge in [-0.1, -0.05) is 30.7 Å². The van der Waals surface area contributed by atoms with Crippen molar-refractivity contribution in [3.8, 4) is 6.07 Å². The normalized spacial score (nSPS) is 10.7. The van der Waals surface area contributed by atoms with Crippen LogP contribution in [0.3, 0.4) is 0 Å². The predicted molar refractivity (Wildman–Crippen MR) is 106 cm³/mol. The highest BCUT2D eigenvalue weighted by atomic mass is 35.5. The molecule has 0 radical (unpaired) electrons. The Bertz CT molecular complexity index is 1090. The van der Waals surface area contributed by atoms with Crippen LogP contribution in [0.2, 0.25) is 5.02 Å². The number of hydrogen-bond donors (Lipinski definition) is 1. The molecule has 0 bridgehead atoms. The first-order chi connectivity index (χ1) is 13.0. The Hall–Kier alpha value is -3.04. The molecule has 0 fully saturated rings. The van der Waals surface area contributed by atoms with Crippen molar-refractivity contribution in [2.45, 2.75) is 32.9 Å². The van der Waals surface area contributed by atoms with Crippen LogP contribution in [0.15, 0.2) is 47.3 Å². The molecular formula is C20H19ClN4O2. The zero-order chi connectivity index (χ0) is 19.4. The Morgan fingerprint density at radius 2 is 1.81 bits per heavy atom. The fraction of sp³-hybridized carbons (Fsp3) is 0.250. The SMILES string of the molecule is CCCn1c(=O)n(CCC(=O)Nc2ccc(C#N)c(Cl)c2)c2ccccc21. The molecule has 6 nitrogen and oxygen atoms in total. The van der Waals surface area contributed by atoms with Gasteiger partial charge in [-0.05, 0) is 36.8 Å². The summed E-state index contributed by atoms with van der Waals surface area (Å²) in [6.07, 6.45) is 1.01. The first kappa shape index (κ1) is 18.7. The molecule has 1 aromatic heterocycles. The Morgan fingerprint density at radius 1 is 1.15 bits per heavy atom. The van der Waals surface area contributed by atoms with E-state index in [0.717, 1.165) is 17.5 Å². The third-order valence-electron chi connectivity index (χ3n) is 4.31. The molecule has 0 atom stereocenters. The minimum atomic E-state index is -0.227. The lowest BCUT2D eigenvalue weighted by Crippen LogP contribution is -2.26. The van der Waals surface area contributed by atoms with Crippen molar-refractivity contribution in [3.05, 3.63) is 63.5 Å². The molecule has 0 aliphatic heterocycles. The number of nitrogens with zero attached hydrogens (tertiary/aromatic N) is 3. The Labute approximate surface area is 161 Å². The van der Waals surface area contributed by atoms with Gasteiger partial charge in [0.1, 0.15) is 6.07 Å². The molecule has 1 amide bonds. The molecule has 1 N–H and O–H groups in total. The van der Waals surface area contributed by atoms with Crippen LogP contribution >= 0.6 is 11.6 Å². The van der Waals surface area contributed by atoms with Crippen molar-refractivity contribution >= 4 is 34.2 Å². The van der Waals surface area contributed by atoms with Crippen molar-refractivity contribution in [2.24, 2.45) is 0 Å². The van der Waals surface area contributed by atoms with Crippen molar-refractivity contribution in [1.29, 1.82) is 5.26 Å². The maximum absolute atomic E-state index is 12.7. The molecule has 3 rings (SSSR count). The second kappa shape index (κ2) is 8.11. The minimum absolute atomic E-state index is 0.104. The van der Waals surface area contributed by atoms with Gasteiger partial charge in [0.2, 0.25) is 5.91 Å². The summed E-state index contributed by atoms with van der Waals surface area (Å²) < 4.78 is 3.38. The number of hydrogen-bond acceptors (Lipinski definition) is 3. The average molecular weight is 383 g/mol. The summed E-state index contributed by atoms with van der Waals surface area (Å²) in [4.78, 5) is 25.0. The van der Waals surface area contributed by atoms with Crippen molar-refractivity contribution in [1.82, 2.24) is 9.13 Å². The first-order valence-corrected chi connectivity index (χ1v) is 9.10. The number of amides is 1. The van der Waals surface area contributed by atoms with Crippen molar-refractivity contribution in [3.63, 3.8) is 0 Å². The lowest BCUT2D eigenvalue weighted by molar-refractivity contribution is -0.116. The molecule has 2 aromatic carbocycles. The molecule has 138 valence electrons. The Morgan fingerprint density at radius 3 is 2.41 bits per heavy atom. The van der Waals surface area contributed by atoms with E-state index in [0.29, 0.717) is 17.8 Å². The van der Waals surface area contributed by atoms with Gasteiger partial charge in [-0.15, -0.1) is 0 Å². The number of benzene rings is 2. The summed E-state index contributed by atoms with van der Waals surface area (Å²) in [5.41, 5.74) is 2.47. The van der Waals surface area contributed by atoms with Gasteiger partial charge in [0.15, 0.2) is 0 Å². The lowest BCUT2D eigenvalue weighted by atomic mass is 10.2. The molecule has 0 spiro atoms. The molecule has 0 saturated heterocycles. The topological polar surface area (TPSA) is 79.8 Å². The summed E-state index contributed by atoms with van der Waals surface area (Å²) in [5, 5.41) is 11.9. The Balaban J connectivity index is 1.76. The smallest absolute Gasteiger partial charge is 0.326 e. The zero-order valence-electron chi connectivity index (χ0n) is 14.9. The van der Waals surface area contributed by atoms with E-state index in [1.807, 2.05) is 37.3 Å². The highest BCUT2D eigenvalue weighted by Gasteiger charge is 2.13. The Kier molecular flexibility index (Phi) is 5.63. The van der Waals surface area contributed by atoms with Crippen LogP contribution < -0.4 is 11.0 Å². The van der Waals surface area contributed by atoms with E-state index < -0.39 is 0 Å². The van der Waals surface area contributed by atoms with E-state index in [2.05, 4.69) is 5.32 Å². The largest absolute Gasteiger partial charge is 0.329 e. The number of fused-ring (bicyclic) bond motifs is 1. The van der Waals surface area contributed by atoms with E-state index in [-0.39, 0.29) is 29.6 Å². The number of rotatable bonds is 6. The highest BCUT2D eigenvalue weighted by Crippen LogP contribution is 2.20. The van der Waals surface area contributed by atoms with Crippen LogP contribution in [0.25, 0.3) is 11.0 Å². The van der Waals surface area contributed by atoms with Gasteiger partial charge in [-0.2, -0.15) is 5.26 Å². The van der Waals surface area contributed by atoms with Crippen LogP contribution in [0.4, 0.5) is 5.69 Å². The number of nitriles is 1. The second-order valence-electron chi connectivity index (χ2n) is 6.18. The third kappa shape index (κ3) is 3.88. The standard InChI is InChI=1S/C20H19ClN4O2/c1-2-10-24-17-5-3-4-6-18(17)25(20(24)27)11-9-19(26)23-15-8-7-14(13-22)16(21)12-15/h3-8,12H,2,9-11H2,1H3,(H,23,26). The van der Waals surface area contributed by atoms with E-state index in [1.54, 1.807) is 21.3 Å². The van der Waals surface area contributed by atoms with Crippen LogP contribution in [0.1, 0.15) is 25.3 Å². The van der Waals surface area contributed by atoms with Gasteiger partial charge >= 0.3 is 5.69 Å². The number of aryl methyl sites for hydroxylation is 2. The average Bonchev–Trinajstić information content (AvgIpc) is 2.92. The number of aromatic nitrogens is 2. The summed E-state index contributed by atoms with van der Waals surface area (Å²) >= 11 is 5.98. The van der Waals surface area contributed by atoms with Gasteiger partial charge in [0.05, 0.1) is 21.6 Å². The van der Waals surface area contributed by atoms with Crippen molar-refractivity contribution < 1.29 is 4.79 Å². The summed E-state index contributed by atoms with van der Waals surface area (Å²) in [7, 11) is 0. The number of imidazole rings is 1. The zero-order valence-corrected chi connectivity index (χ0v) is 15.7. The fourth-order valence-corrected chi connectivity index (χ4v) is 3.27. The highest BCUT2D eigenvalue weighted by molar-refractivity contribution is 6.32. The summed E-state index contributed by atoms with van der Waals surface area (Å²) in [6.45, 7) is 2.95. The van der Waals surface area contributed by atoms with E-state index >= 15 is 0 Å². The predicted octanol–water partition coefficient (Wildman–Crippen LogP) is 3.77. The second-order valence-corrected chi connectivity index (χ2v) is 6.59. The van der Waals surface area contributed by atoms with E-state index in [4.69, 9.17) is 16.9 Å². The quantitative estimate of drug-likeness (QED) is 0.704. The summed E-state index contributed by atoms with van der Waals surface area (Å²) in [5.74, 6) is -0.227. The molecule has 7 heteroatoms. The molecule has 1 heterocycles. The van der Waals surface area contributed by atoms with Crippen LogP contribution in [0, 0.1) is 11.3 Å². The first-order valence-electron chi connectivity index (χ1n) is 8.72. The number of nitrogens with one attached hydrogen (secondary N) is 1. The molecule has 0 aliphatic rings. The van der Waals surface area contributed by atoms with Crippen molar-refractivity contribution in [2.75, 3.05) is 5.32 Å². The molecule has 27 heavy (non-hydrogen) atoms. The minimum Gasteiger partial charge on any atom is -0.326 e. The van der Waals surface area contributed by atoms with Crippen LogP contribution in [0.5, 0.6) is 0 Å². The van der Waals surface area contributed by atoms with E-state index in [1.165, 1.54) is 6.07 Å². The van der Waals surface area contributed by atoms with Gasteiger partial charge in [-0.3, -0.25) is 13.9 Å². The van der Waals surface area contributed by atoms with Crippen LogP contribution in [-0.4, -0.2) is 15.0 Å². The molecule has 0 saturated carbocycles. The van der Waals surface area contributed by atoms with Gasteiger partial charge in [0.25, 0.3) is 0 Å². The number of anilines is 1. The van der Waals surface area contributed by atoms with Gasteiger partial charge in [0, 0.05) is 25.2 Å². The fourth-order valence-electron chi connectivity index (χ4n) is 3.05. The van der Waals surface area contributed by atoms with Crippen LogP contribution in [-0.2, 0) is 17.9 Å². The maximum Gasteiger partial charge on any atom is 0.329 e. The number of para-hydroxylation sites is 2. The molecule has 3 aromatic rings. The molecule has 0 unspecified atom stereocenters. The monoisotopic (exact) mass is 382 g/mol. The maximum atomic E-state index is 12.7. The number of carbonyl (C=O) groups is 1. The number of carbonyl (C=O) groups excluding carboxylic acids is 1. The lowest BCUT2D eigenvalue weighted by Gasteiger charge is -2.07. The van der Waals surface area contributed by atoms with Gasteiger partial charge < -0.3 is 5.32 Å². The molecular weight excluding hydrogens is 364 g/mol. The third-order valence-corrected chi connectivity index (χ3v) is 4.62.